The molecule has 1 aliphatic rings. The van der Waals surface area contributed by atoms with E-state index in [-0.39, 0.29) is 12.5 Å². The Morgan fingerprint density at radius 2 is 1.43 bits per heavy atom. The van der Waals surface area contributed by atoms with E-state index in [1.165, 1.54) is 34.5 Å². The van der Waals surface area contributed by atoms with Crippen LogP contribution in [0.5, 0.6) is 34.5 Å². The van der Waals surface area contributed by atoms with E-state index in [1.807, 2.05) is 12.1 Å². The second-order valence-corrected chi connectivity index (χ2v) is 9.32. The normalized spacial score (nSPS) is 14.1. The fraction of sp³-hybridized carbons (Fsp3) is 0.312. The molecular formula is C32H35NO9. The maximum atomic E-state index is 13.7. The van der Waals surface area contributed by atoms with Crippen molar-refractivity contribution in [2.75, 3.05) is 55.8 Å². The van der Waals surface area contributed by atoms with Crippen LogP contribution < -0.4 is 28.4 Å². The summed E-state index contributed by atoms with van der Waals surface area (Å²) in [6.45, 7) is 0.639. The molecule has 10 nitrogen and oxygen atoms in total. The number of ether oxygens (including phenoxy) is 7. The number of esters is 1. The zero-order chi connectivity index (χ0) is 30.2. The lowest BCUT2D eigenvalue weighted by Crippen LogP contribution is -2.41. The lowest BCUT2D eigenvalue weighted by Gasteiger charge is -2.37. The molecule has 3 aromatic rings. The van der Waals surface area contributed by atoms with Crippen molar-refractivity contribution in [3.8, 4) is 34.5 Å². The van der Waals surface area contributed by atoms with Crippen molar-refractivity contribution in [1.82, 2.24) is 4.90 Å². The molecule has 0 N–H and O–H groups in total. The van der Waals surface area contributed by atoms with Gasteiger partial charge < -0.3 is 38.1 Å². The molecule has 1 amide bonds. The maximum absolute atomic E-state index is 13.7. The Balaban J connectivity index is 1.64. The number of amides is 1. The highest BCUT2D eigenvalue weighted by Gasteiger charge is 2.32. The van der Waals surface area contributed by atoms with Gasteiger partial charge in [0.1, 0.15) is 12.4 Å². The van der Waals surface area contributed by atoms with Crippen LogP contribution in [0.4, 0.5) is 0 Å². The second kappa shape index (κ2) is 13.7. The molecule has 0 fully saturated rings. The fourth-order valence-corrected chi connectivity index (χ4v) is 4.91. The third kappa shape index (κ3) is 6.38. The summed E-state index contributed by atoms with van der Waals surface area (Å²) in [6, 6.07) is 13.6. The van der Waals surface area contributed by atoms with Crippen molar-refractivity contribution in [3.05, 3.63) is 76.9 Å². The third-order valence-corrected chi connectivity index (χ3v) is 7.07. The van der Waals surface area contributed by atoms with Gasteiger partial charge in [0.05, 0.1) is 54.3 Å². The second-order valence-electron chi connectivity index (χ2n) is 9.32. The van der Waals surface area contributed by atoms with E-state index in [9.17, 15) is 9.59 Å². The average Bonchev–Trinajstić information content (AvgIpc) is 3.04. The molecule has 1 heterocycles. The van der Waals surface area contributed by atoms with Crippen molar-refractivity contribution < 1.29 is 42.7 Å². The molecule has 1 atom stereocenters. The minimum atomic E-state index is -0.431. The molecule has 42 heavy (non-hydrogen) atoms. The number of hydrogen-bond donors (Lipinski definition) is 0. The summed E-state index contributed by atoms with van der Waals surface area (Å²) in [5.41, 5.74) is 3.07. The zero-order valence-corrected chi connectivity index (χ0v) is 24.6. The molecule has 0 saturated carbocycles. The summed E-state index contributed by atoms with van der Waals surface area (Å²) in [7, 11) is 9.11. The van der Waals surface area contributed by atoms with Crippen LogP contribution in [0.15, 0.2) is 54.6 Å². The quantitative estimate of drug-likeness (QED) is 0.236. The minimum absolute atomic E-state index is 0.170. The highest BCUT2D eigenvalue weighted by molar-refractivity contribution is 5.92. The van der Waals surface area contributed by atoms with Gasteiger partial charge in [-0.3, -0.25) is 4.79 Å². The van der Waals surface area contributed by atoms with Gasteiger partial charge in [-0.25, -0.2) is 4.79 Å². The van der Waals surface area contributed by atoms with E-state index in [2.05, 4.69) is 0 Å². The van der Waals surface area contributed by atoms with Gasteiger partial charge in [0, 0.05) is 12.6 Å². The van der Waals surface area contributed by atoms with Crippen LogP contribution in [0.25, 0.3) is 6.08 Å². The van der Waals surface area contributed by atoms with Crippen LogP contribution in [-0.2, 0) is 16.0 Å². The van der Waals surface area contributed by atoms with E-state index in [1.54, 1.807) is 61.6 Å². The van der Waals surface area contributed by atoms with E-state index >= 15 is 0 Å². The largest absolute Gasteiger partial charge is 0.493 e. The lowest BCUT2D eigenvalue weighted by atomic mass is 9.92. The van der Waals surface area contributed by atoms with Gasteiger partial charge in [-0.1, -0.05) is 0 Å². The molecule has 1 aliphatic heterocycles. The SMILES string of the molecule is COC(=O)c1ccc(OCC2c3cc(OC)c(OC)cc3CCN2C(=O)C=Cc2cc(OC)c(OC)c(OC)c2)cc1. The van der Waals surface area contributed by atoms with Crippen LogP contribution in [0.3, 0.4) is 0 Å². The van der Waals surface area contributed by atoms with Gasteiger partial charge in [0.25, 0.3) is 0 Å². The molecule has 0 bridgehead atoms. The first-order chi connectivity index (χ1) is 20.4. The lowest BCUT2D eigenvalue weighted by molar-refractivity contribution is -0.129. The van der Waals surface area contributed by atoms with Crippen molar-refractivity contribution >= 4 is 18.0 Å². The van der Waals surface area contributed by atoms with Crippen molar-refractivity contribution in [2.45, 2.75) is 12.5 Å². The van der Waals surface area contributed by atoms with Gasteiger partial charge in [0.2, 0.25) is 11.7 Å². The van der Waals surface area contributed by atoms with Gasteiger partial charge in [-0.15, -0.1) is 0 Å². The smallest absolute Gasteiger partial charge is 0.337 e. The Morgan fingerprint density at radius 3 is 2.00 bits per heavy atom. The topological polar surface area (TPSA) is 102 Å². The van der Waals surface area contributed by atoms with Gasteiger partial charge in [0.15, 0.2) is 23.0 Å². The minimum Gasteiger partial charge on any atom is -0.493 e. The molecule has 0 spiro atoms. The van der Waals surface area contributed by atoms with E-state index in [0.717, 1.165) is 11.1 Å². The van der Waals surface area contributed by atoms with Gasteiger partial charge in [-0.2, -0.15) is 0 Å². The summed E-state index contributed by atoms with van der Waals surface area (Å²) in [5.74, 6) is 2.55. The molecule has 4 rings (SSSR count). The monoisotopic (exact) mass is 577 g/mol. The number of methoxy groups -OCH3 is 6. The molecule has 3 aromatic carbocycles. The van der Waals surface area contributed by atoms with Crippen molar-refractivity contribution in [3.63, 3.8) is 0 Å². The molecule has 10 heteroatoms. The Morgan fingerprint density at radius 1 is 0.810 bits per heavy atom. The number of benzene rings is 3. The van der Waals surface area contributed by atoms with Crippen LogP contribution in [0.1, 0.15) is 33.1 Å². The number of carbonyl (C=O) groups is 2. The van der Waals surface area contributed by atoms with Crippen LogP contribution >= 0.6 is 0 Å². The fourth-order valence-electron chi connectivity index (χ4n) is 4.91. The average molecular weight is 578 g/mol. The van der Waals surface area contributed by atoms with Crippen LogP contribution in [0.2, 0.25) is 0 Å². The summed E-state index contributed by atoms with van der Waals surface area (Å²) in [6.07, 6.45) is 3.86. The molecule has 0 radical (unpaired) electrons. The van der Waals surface area contributed by atoms with E-state index in [0.29, 0.717) is 58.6 Å². The molecule has 222 valence electrons. The van der Waals surface area contributed by atoms with Crippen molar-refractivity contribution in [1.29, 1.82) is 0 Å². The summed E-state index contributed by atoms with van der Waals surface area (Å²) in [4.78, 5) is 27.2. The first kappa shape index (κ1) is 30.1. The first-order valence-corrected chi connectivity index (χ1v) is 13.2. The Kier molecular flexibility index (Phi) is 9.80. The zero-order valence-electron chi connectivity index (χ0n) is 24.6. The molecule has 0 aromatic heterocycles. The van der Waals surface area contributed by atoms with Gasteiger partial charge >= 0.3 is 5.97 Å². The highest BCUT2D eigenvalue weighted by Crippen LogP contribution is 2.40. The predicted molar refractivity (Wildman–Crippen MR) is 156 cm³/mol. The van der Waals surface area contributed by atoms with E-state index in [4.69, 9.17) is 33.2 Å². The van der Waals surface area contributed by atoms with Gasteiger partial charge in [-0.05, 0) is 77.7 Å². The standard InChI is InChI=1S/C32H35NO9/c1-36-26-17-22-13-14-33(30(34)12-7-20-15-28(38-3)31(40-5)29(16-20)39-4)25(24(22)18-27(26)37-2)19-42-23-10-8-21(9-11-23)32(35)41-6/h7-12,15-18,25H,13-14,19H2,1-6H3. The number of fused-ring (bicyclic) bond motifs is 1. The highest BCUT2D eigenvalue weighted by atomic mass is 16.5. The third-order valence-electron chi connectivity index (χ3n) is 7.07. The molecular weight excluding hydrogens is 542 g/mol. The number of hydrogen-bond acceptors (Lipinski definition) is 9. The van der Waals surface area contributed by atoms with Crippen LogP contribution in [-0.4, -0.2) is 72.6 Å². The molecule has 1 unspecified atom stereocenters. The van der Waals surface area contributed by atoms with Crippen molar-refractivity contribution in [2.24, 2.45) is 0 Å². The number of rotatable bonds is 11. The van der Waals surface area contributed by atoms with E-state index < -0.39 is 12.0 Å². The Labute approximate surface area is 245 Å². The molecule has 0 saturated heterocycles. The Hall–Kier alpha value is -4.86. The predicted octanol–water partition coefficient (Wildman–Crippen LogP) is 4.73. The number of carbonyl (C=O) groups excluding carboxylic acids is 2. The molecule has 0 aliphatic carbocycles. The maximum Gasteiger partial charge on any atom is 0.337 e. The van der Waals surface area contributed by atoms with Crippen LogP contribution in [0, 0.1) is 0 Å². The Bertz CT molecular complexity index is 1420. The first-order valence-electron chi connectivity index (χ1n) is 13.2. The summed E-state index contributed by atoms with van der Waals surface area (Å²) >= 11 is 0. The summed E-state index contributed by atoms with van der Waals surface area (Å²) in [5, 5.41) is 0. The summed E-state index contributed by atoms with van der Waals surface area (Å²) < 4.78 is 38.3. The number of nitrogens with zero attached hydrogens (tertiary/aromatic N) is 1.